The van der Waals surface area contributed by atoms with Crippen LogP contribution >= 0.6 is 0 Å². The van der Waals surface area contributed by atoms with Crippen molar-refractivity contribution in [1.82, 2.24) is 0 Å². The Balaban J connectivity index is 3.07. The summed E-state index contributed by atoms with van der Waals surface area (Å²) in [6.07, 6.45) is 5.83. The molecule has 0 amide bonds. The van der Waals surface area contributed by atoms with Gasteiger partial charge in [0.1, 0.15) is 24.4 Å². The molecule has 0 saturated carbocycles. The fraction of sp³-hybridized carbons (Fsp3) is 0.524. The van der Waals surface area contributed by atoms with Crippen LogP contribution < -0.4 is 0 Å². The van der Waals surface area contributed by atoms with Gasteiger partial charge < -0.3 is 28.4 Å². The number of ether oxygens (including phenoxy) is 6. The van der Waals surface area contributed by atoms with Crippen LogP contribution in [0.15, 0.2) is 63.3 Å². The maximum absolute atomic E-state index is 6.11. The van der Waals surface area contributed by atoms with Crippen LogP contribution in [0.3, 0.4) is 0 Å². The molecule has 1 fully saturated rings. The molecule has 152 valence electrons. The molecule has 1 heterocycles. The van der Waals surface area contributed by atoms with Crippen molar-refractivity contribution in [3.8, 4) is 0 Å². The summed E-state index contributed by atoms with van der Waals surface area (Å²) >= 11 is 0. The second kappa shape index (κ2) is 14.5. The Morgan fingerprint density at radius 1 is 0.593 bits per heavy atom. The molecule has 0 radical (unpaired) electrons. The van der Waals surface area contributed by atoms with Crippen molar-refractivity contribution in [1.29, 1.82) is 0 Å². The quantitative estimate of drug-likeness (QED) is 0.303. The molecule has 1 rings (SSSR count). The Morgan fingerprint density at radius 3 is 1.63 bits per heavy atom. The Bertz CT molecular complexity index is 464. The highest BCUT2D eigenvalue weighted by molar-refractivity contribution is 4.95. The Morgan fingerprint density at radius 2 is 1.07 bits per heavy atom. The minimum absolute atomic E-state index is 0.296. The SMILES string of the molecule is C=CCOC[C@H]1O[C@H](OCC=C)[C@H](OCC=C)[C@@H](OCC=C)[C@H]1OCC=C. The first-order valence-corrected chi connectivity index (χ1v) is 8.97. The predicted octanol–water partition coefficient (Wildman–Crippen LogP) is 2.83. The van der Waals surface area contributed by atoms with E-state index in [0.717, 1.165) is 0 Å². The van der Waals surface area contributed by atoms with E-state index in [9.17, 15) is 0 Å². The zero-order chi connectivity index (χ0) is 19.9. The molecule has 1 saturated heterocycles. The molecule has 1 aliphatic heterocycles. The smallest absolute Gasteiger partial charge is 0.187 e. The van der Waals surface area contributed by atoms with Gasteiger partial charge >= 0.3 is 0 Å². The van der Waals surface area contributed by atoms with Crippen molar-refractivity contribution in [3.63, 3.8) is 0 Å². The molecular formula is C21H32O6. The van der Waals surface area contributed by atoms with Gasteiger partial charge in [-0.3, -0.25) is 0 Å². The normalized spacial score (nSPS) is 27.6. The number of hydrogen-bond acceptors (Lipinski definition) is 6. The third-order valence-electron chi connectivity index (χ3n) is 3.71. The molecule has 6 heteroatoms. The lowest BCUT2D eigenvalue weighted by Gasteiger charge is -2.45. The second-order valence-corrected chi connectivity index (χ2v) is 5.75. The average Bonchev–Trinajstić information content (AvgIpc) is 2.68. The maximum Gasteiger partial charge on any atom is 0.187 e. The molecule has 0 aromatic carbocycles. The van der Waals surface area contributed by atoms with E-state index in [1.54, 1.807) is 30.4 Å². The Hall–Kier alpha value is -1.54. The zero-order valence-electron chi connectivity index (χ0n) is 16.0. The topological polar surface area (TPSA) is 55.4 Å². The summed E-state index contributed by atoms with van der Waals surface area (Å²) in [5.74, 6) is 0. The van der Waals surface area contributed by atoms with Crippen LogP contribution in [0.2, 0.25) is 0 Å². The summed E-state index contributed by atoms with van der Waals surface area (Å²) in [5, 5.41) is 0. The van der Waals surface area contributed by atoms with Gasteiger partial charge in [0.25, 0.3) is 0 Å². The van der Waals surface area contributed by atoms with Gasteiger partial charge in [-0.15, -0.1) is 32.9 Å². The third-order valence-corrected chi connectivity index (χ3v) is 3.71. The lowest BCUT2D eigenvalue weighted by Crippen LogP contribution is -2.62. The molecular weight excluding hydrogens is 348 g/mol. The van der Waals surface area contributed by atoms with Crippen molar-refractivity contribution in [3.05, 3.63) is 63.3 Å². The summed E-state index contributed by atoms with van der Waals surface area (Å²) in [6, 6.07) is 0. The molecule has 0 N–H and O–H groups in total. The lowest BCUT2D eigenvalue weighted by atomic mass is 9.98. The largest absolute Gasteiger partial charge is 0.375 e. The van der Waals surface area contributed by atoms with E-state index in [1.165, 1.54) is 0 Å². The molecule has 1 aliphatic rings. The van der Waals surface area contributed by atoms with Gasteiger partial charge in [0.2, 0.25) is 0 Å². The van der Waals surface area contributed by atoms with Gasteiger partial charge in [0.05, 0.1) is 39.6 Å². The highest BCUT2D eigenvalue weighted by Gasteiger charge is 2.48. The summed E-state index contributed by atoms with van der Waals surface area (Å²) in [4.78, 5) is 0. The first kappa shape index (κ1) is 23.5. The van der Waals surface area contributed by atoms with E-state index in [0.29, 0.717) is 39.6 Å². The van der Waals surface area contributed by atoms with Crippen molar-refractivity contribution >= 4 is 0 Å². The predicted molar refractivity (Wildman–Crippen MR) is 106 cm³/mol. The number of rotatable bonds is 16. The minimum atomic E-state index is -0.668. The summed E-state index contributed by atoms with van der Waals surface area (Å²) in [5.41, 5.74) is 0. The van der Waals surface area contributed by atoms with E-state index in [-0.39, 0.29) is 0 Å². The van der Waals surface area contributed by atoms with Crippen LogP contribution in [0, 0.1) is 0 Å². The van der Waals surface area contributed by atoms with E-state index in [4.69, 9.17) is 28.4 Å². The van der Waals surface area contributed by atoms with Gasteiger partial charge in [-0.1, -0.05) is 30.4 Å². The average molecular weight is 380 g/mol. The molecule has 0 aliphatic carbocycles. The van der Waals surface area contributed by atoms with E-state index in [1.807, 2.05) is 0 Å². The molecule has 0 aromatic rings. The van der Waals surface area contributed by atoms with Crippen molar-refractivity contribution in [2.45, 2.75) is 30.7 Å². The van der Waals surface area contributed by atoms with E-state index >= 15 is 0 Å². The monoisotopic (exact) mass is 380 g/mol. The van der Waals surface area contributed by atoms with Crippen LogP contribution in [-0.2, 0) is 28.4 Å². The van der Waals surface area contributed by atoms with Crippen LogP contribution in [0.1, 0.15) is 0 Å². The molecule has 0 unspecified atom stereocenters. The van der Waals surface area contributed by atoms with Crippen LogP contribution in [0.4, 0.5) is 0 Å². The summed E-state index contributed by atoms with van der Waals surface area (Å²) < 4.78 is 35.4. The minimum Gasteiger partial charge on any atom is -0.375 e. The highest BCUT2D eigenvalue weighted by atomic mass is 16.7. The third kappa shape index (κ3) is 7.92. The molecule has 27 heavy (non-hydrogen) atoms. The zero-order valence-corrected chi connectivity index (χ0v) is 16.0. The Labute approximate surface area is 162 Å². The first-order valence-electron chi connectivity index (χ1n) is 8.97. The van der Waals surface area contributed by atoms with Crippen LogP contribution in [-0.4, -0.2) is 70.3 Å². The molecule has 0 spiro atoms. The van der Waals surface area contributed by atoms with Gasteiger partial charge in [0, 0.05) is 0 Å². The fourth-order valence-electron chi connectivity index (χ4n) is 2.68. The lowest BCUT2D eigenvalue weighted by molar-refractivity contribution is -0.317. The van der Waals surface area contributed by atoms with Crippen LogP contribution in [0.25, 0.3) is 0 Å². The summed E-state index contributed by atoms with van der Waals surface area (Å²) in [6.45, 7) is 20.5. The standard InChI is InChI=1S/C21H32O6/c1-6-11-22-16-17-18(23-12-7-2)19(24-13-8-3)20(25-14-9-4)21(27-17)26-15-10-5/h6-10,17-21H,1-5,11-16H2/t17-,18+,19+,20-,21+/m1/s1. The molecule has 0 bridgehead atoms. The fourth-order valence-corrected chi connectivity index (χ4v) is 2.68. The van der Waals surface area contributed by atoms with E-state index < -0.39 is 30.7 Å². The molecule has 6 nitrogen and oxygen atoms in total. The van der Waals surface area contributed by atoms with Gasteiger partial charge in [-0.05, 0) is 0 Å². The first-order chi connectivity index (χ1) is 13.2. The second-order valence-electron chi connectivity index (χ2n) is 5.75. The van der Waals surface area contributed by atoms with Crippen molar-refractivity contribution < 1.29 is 28.4 Å². The van der Waals surface area contributed by atoms with Crippen molar-refractivity contribution in [2.75, 3.05) is 39.6 Å². The van der Waals surface area contributed by atoms with E-state index in [2.05, 4.69) is 32.9 Å². The van der Waals surface area contributed by atoms with Crippen molar-refractivity contribution in [2.24, 2.45) is 0 Å². The van der Waals surface area contributed by atoms with Gasteiger partial charge in [0.15, 0.2) is 6.29 Å². The highest BCUT2D eigenvalue weighted by Crippen LogP contribution is 2.29. The Kier molecular flexibility index (Phi) is 12.6. The van der Waals surface area contributed by atoms with Gasteiger partial charge in [-0.25, -0.2) is 0 Å². The van der Waals surface area contributed by atoms with Crippen LogP contribution in [0.5, 0.6) is 0 Å². The molecule has 0 aromatic heterocycles. The number of hydrogen-bond donors (Lipinski definition) is 0. The molecule has 5 atom stereocenters. The maximum atomic E-state index is 6.11. The van der Waals surface area contributed by atoms with Gasteiger partial charge in [-0.2, -0.15) is 0 Å². The summed E-state index contributed by atoms with van der Waals surface area (Å²) in [7, 11) is 0.